The number of imide groups is 1. The number of hydrogen-bond acceptors (Lipinski definition) is 5. The molecular weight excluding hydrogens is 250 g/mol. The van der Waals surface area contributed by atoms with Gasteiger partial charge in [-0.2, -0.15) is 0 Å². The Labute approximate surface area is 110 Å². The van der Waals surface area contributed by atoms with Gasteiger partial charge in [0.1, 0.15) is 5.75 Å². The predicted molar refractivity (Wildman–Crippen MR) is 66.4 cm³/mol. The van der Waals surface area contributed by atoms with E-state index in [2.05, 4.69) is 4.74 Å². The van der Waals surface area contributed by atoms with Gasteiger partial charge in [-0.05, 0) is 19.1 Å². The molecule has 1 aromatic carbocycles. The van der Waals surface area contributed by atoms with Gasteiger partial charge in [-0.15, -0.1) is 0 Å². The van der Waals surface area contributed by atoms with Crippen molar-refractivity contribution < 1.29 is 23.9 Å². The maximum Gasteiger partial charge on any atom is 0.419 e. The summed E-state index contributed by atoms with van der Waals surface area (Å²) in [7, 11) is 0. The van der Waals surface area contributed by atoms with Gasteiger partial charge in [-0.3, -0.25) is 10.1 Å². The van der Waals surface area contributed by atoms with Gasteiger partial charge in [0.2, 0.25) is 0 Å². The molecular formula is C13H13NO5. The predicted octanol–water partition coefficient (Wildman–Crippen LogP) is 1.42. The van der Waals surface area contributed by atoms with Crippen molar-refractivity contribution in [1.29, 1.82) is 0 Å². The molecule has 0 saturated heterocycles. The molecule has 0 saturated carbocycles. The van der Waals surface area contributed by atoms with E-state index in [0.717, 1.165) is 12.2 Å². The van der Waals surface area contributed by atoms with E-state index in [1.54, 1.807) is 37.3 Å². The summed E-state index contributed by atoms with van der Waals surface area (Å²) >= 11 is 0. The van der Waals surface area contributed by atoms with E-state index >= 15 is 0 Å². The van der Waals surface area contributed by atoms with Gasteiger partial charge in [-0.25, -0.2) is 9.59 Å². The molecule has 6 nitrogen and oxygen atoms in total. The summed E-state index contributed by atoms with van der Waals surface area (Å²) in [5.41, 5.74) is 0. The largest absolute Gasteiger partial charge is 0.463 e. The Balaban J connectivity index is 2.40. The second-order valence-electron chi connectivity index (χ2n) is 3.28. The molecule has 0 bridgehead atoms. The number of amides is 2. The van der Waals surface area contributed by atoms with Crippen molar-refractivity contribution >= 4 is 18.0 Å². The lowest BCUT2D eigenvalue weighted by atomic mass is 10.3. The zero-order valence-corrected chi connectivity index (χ0v) is 10.3. The number of carbonyl (C=O) groups is 3. The Hall–Kier alpha value is -2.63. The molecule has 0 aromatic heterocycles. The number of rotatable bonds is 4. The van der Waals surface area contributed by atoms with E-state index in [9.17, 15) is 14.4 Å². The summed E-state index contributed by atoms with van der Waals surface area (Å²) in [5, 5.41) is 1.93. The molecule has 100 valence electrons. The van der Waals surface area contributed by atoms with Crippen LogP contribution in [-0.4, -0.2) is 24.6 Å². The average Bonchev–Trinajstić information content (AvgIpc) is 2.38. The highest BCUT2D eigenvalue weighted by Gasteiger charge is 2.07. The third-order valence-electron chi connectivity index (χ3n) is 1.84. The molecule has 2 amide bonds. The van der Waals surface area contributed by atoms with E-state index in [0.29, 0.717) is 5.75 Å². The Morgan fingerprint density at radius 2 is 1.84 bits per heavy atom. The van der Waals surface area contributed by atoms with Crippen molar-refractivity contribution in [3.8, 4) is 5.75 Å². The lowest BCUT2D eigenvalue weighted by Gasteiger charge is -2.03. The highest BCUT2D eigenvalue weighted by Crippen LogP contribution is 2.07. The number of para-hydroxylation sites is 1. The number of esters is 1. The van der Waals surface area contributed by atoms with Crippen LogP contribution in [0.5, 0.6) is 5.75 Å². The van der Waals surface area contributed by atoms with Crippen molar-refractivity contribution in [1.82, 2.24) is 5.32 Å². The summed E-state index contributed by atoms with van der Waals surface area (Å²) in [6.07, 6.45) is 0.892. The quantitative estimate of drug-likeness (QED) is 0.656. The highest BCUT2D eigenvalue weighted by atomic mass is 16.6. The first-order chi connectivity index (χ1) is 9.11. The second-order valence-corrected chi connectivity index (χ2v) is 3.28. The summed E-state index contributed by atoms with van der Waals surface area (Å²) < 4.78 is 9.39. The van der Waals surface area contributed by atoms with E-state index in [4.69, 9.17) is 4.74 Å². The number of carbonyl (C=O) groups excluding carboxylic acids is 3. The Kier molecular flexibility index (Phi) is 5.81. The average molecular weight is 263 g/mol. The van der Waals surface area contributed by atoms with Crippen LogP contribution < -0.4 is 10.1 Å². The number of ether oxygens (including phenoxy) is 2. The Morgan fingerprint density at radius 3 is 2.47 bits per heavy atom. The molecule has 1 rings (SSSR count). The Morgan fingerprint density at radius 1 is 1.16 bits per heavy atom. The SMILES string of the molecule is CCOC(=O)/C=C/C(=O)NC(=O)Oc1ccccc1. The maximum absolute atomic E-state index is 11.3. The van der Waals surface area contributed by atoms with Gasteiger partial charge < -0.3 is 9.47 Å². The van der Waals surface area contributed by atoms with Crippen molar-refractivity contribution in [3.63, 3.8) is 0 Å². The minimum absolute atomic E-state index is 0.209. The fourth-order valence-corrected chi connectivity index (χ4v) is 1.10. The molecule has 0 aliphatic rings. The third kappa shape index (κ3) is 6.02. The van der Waals surface area contributed by atoms with Crippen molar-refractivity contribution in [2.45, 2.75) is 6.92 Å². The lowest BCUT2D eigenvalue weighted by molar-refractivity contribution is -0.137. The van der Waals surface area contributed by atoms with Crippen LogP contribution in [0, 0.1) is 0 Å². The smallest absolute Gasteiger partial charge is 0.419 e. The van der Waals surface area contributed by atoms with Crippen LogP contribution in [0.2, 0.25) is 0 Å². The summed E-state index contributed by atoms with van der Waals surface area (Å²) in [6.45, 7) is 1.85. The number of benzene rings is 1. The molecule has 6 heteroatoms. The fourth-order valence-electron chi connectivity index (χ4n) is 1.10. The topological polar surface area (TPSA) is 81.7 Å². The molecule has 0 spiro atoms. The second kappa shape index (κ2) is 7.65. The van der Waals surface area contributed by atoms with E-state index in [1.807, 2.05) is 5.32 Å². The fraction of sp³-hybridized carbons (Fsp3) is 0.154. The summed E-state index contributed by atoms with van der Waals surface area (Å²) in [5.74, 6) is -1.12. The first-order valence-corrected chi connectivity index (χ1v) is 5.54. The highest BCUT2D eigenvalue weighted by molar-refractivity contribution is 6.01. The zero-order valence-electron chi connectivity index (χ0n) is 10.3. The molecule has 1 aromatic rings. The van der Waals surface area contributed by atoms with E-state index in [1.165, 1.54) is 0 Å². The molecule has 0 fully saturated rings. The molecule has 0 unspecified atom stereocenters. The zero-order chi connectivity index (χ0) is 14.1. The van der Waals surface area contributed by atoms with Gasteiger partial charge in [0, 0.05) is 12.2 Å². The molecule has 1 N–H and O–H groups in total. The maximum atomic E-state index is 11.3. The van der Waals surface area contributed by atoms with Gasteiger partial charge >= 0.3 is 12.1 Å². The standard InChI is InChI=1S/C13H13NO5/c1-2-18-12(16)9-8-11(15)14-13(17)19-10-6-4-3-5-7-10/h3-9H,2H2,1H3,(H,14,15,17)/b9-8+. The molecule has 0 aliphatic heterocycles. The minimum Gasteiger partial charge on any atom is -0.463 e. The van der Waals surface area contributed by atoms with Gasteiger partial charge in [0.15, 0.2) is 0 Å². The van der Waals surface area contributed by atoms with E-state index < -0.39 is 18.0 Å². The van der Waals surface area contributed by atoms with Gasteiger partial charge in [0.05, 0.1) is 6.61 Å². The van der Waals surface area contributed by atoms with Crippen molar-refractivity contribution in [2.75, 3.05) is 6.61 Å². The molecule has 0 heterocycles. The lowest BCUT2D eigenvalue weighted by Crippen LogP contribution is -2.31. The first-order valence-electron chi connectivity index (χ1n) is 5.54. The monoisotopic (exact) mass is 263 g/mol. The minimum atomic E-state index is -0.926. The van der Waals surface area contributed by atoms with Crippen LogP contribution >= 0.6 is 0 Å². The number of nitrogens with one attached hydrogen (secondary N) is 1. The van der Waals surface area contributed by atoms with Crippen LogP contribution in [-0.2, 0) is 14.3 Å². The molecule has 0 radical (unpaired) electrons. The summed E-state index contributed by atoms with van der Waals surface area (Å²) in [4.78, 5) is 33.5. The van der Waals surface area contributed by atoms with Gasteiger partial charge in [0.25, 0.3) is 5.91 Å². The number of hydrogen-bond donors (Lipinski definition) is 1. The van der Waals surface area contributed by atoms with Crippen LogP contribution in [0.4, 0.5) is 4.79 Å². The molecule has 0 aliphatic carbocycles. The first kappa shape index (κ1) is 14.4. The molecule has 0 atom stereocenters. The third-order valence-corrected chi connectivity index (χ3v) is 1.84. The van der Waals surface area contributed by atoms with Crippen LogP contribution in [0.1, 0.15) is 6.92 Å². The van der Waals surface area contributed by atoms with Crippen molar-refractivity contribution in [3.05, 3.63) is 42.5 Å². The summed E-state index contributed by atoms with van der Waals surface area (Å²) in [6, 6.07) is 8.27. The van der Waals surface area contributed by atoms with Crippen LogP contribution in [0.3, 0.4) is 0 Å². The van der Waals surface area contributed by atoms with Crippen LogP contribution in [0.15, 0.2) is 42.5 Å². The van der Waals surface area contributed by atoms with Crippen LogP contribution in [0.25, 0.3) is 0 Å². The van der Waals surface area contributed by atoms with Gasteiger partial charge in [-0.1, -0.05) is 18.2 Å². The normalized spacial score (nSPS) is 9.95. The Bertz CT molecular complexity index is 481. The van der Waals surface area contributed by atoms with Crippen molar-refractivity contribution in [2.24, 2.45) is 0 Å². The molecule has 19 heavy (non-hydrogen) atoms. The van der Waals surface area contributed by atoms with E-state index in [-0.39, 0.29) is 6.61 Å².